The van der Waals surface area contributed by atoms with E-state index in [9.17, 15) is 0 Å². The van der Waals surface area contributed by atoms with Crippen molar-refractivity contribution in [3.63, 3.8) is 0 Å². The molecule has 2 aromatic heterocycles. The number of nitrogens with one attached hydrogen (secondary N) is 1. The van der Waals surface area contributed by atoms with Crippen LogP contribution in [0.4, 0.5) is 0 Å². The van der Waals surface area contributed by atoms with Crippen LogP contribution in [0, 0.1) is 0 Å². The second-order valence-corrected chi connectivity index (χ2v) is 5.18. The van der Waals surface area contributed by atoms with Gasteiger partial charge < -0.3 is 9.73 Å². The summed E-state index contributed by atoms with van der Waals surface area (Å²) in [5.41, 5.74) is 0. The van der Waals surface area contributed by atoms with Crippen molar-refractivity contribution in [1.82, 2.24) is 15.1 Å². The molecule has 0 amide bonds. The summed E-state index contributed by atoms with van der Waals surface area (Å²) in [6.07, 6.45) is 5.85. The third-order valence-corrected chi connectivity index (χ3v) is 3.22. The predicted molar refractivity (Wildman–Crippen MR) is 74.5 cm³/mol. The van der Waals surface area contributed by atoms with Crippen molar-refractivity contribution >= 4 is 11.8 Å². The van der Waals surface area contributed by atoms with Crippen LogP contribution in [0.25, 0.3) is 0 Å². The third-order valence-electron chi connectivity index (χ3n) is 2.65. The maximum Gasteiger partial charge on any atom is 0.118 e. The summed E-state index contributed by atoms with van der Waals surface area (Å²) < 4.78 is 7.63. The monoisotopic (exact) mass is 265 g/mol. The Labute approximate surface area is 112 Å². The van der Waals surface area contributed by atoms with Crippen LogP contribution >= 0.6 is 11.8 Å². The first kappa shape index (κ1) is 13.2. The zero-order valence-electron chi connectivity index (χ0n) is 10.8. The van der Waals surface area contributed by atoms with Crippen LogP contribution in [0.2, 0.25) is 0 Å². The number of thioether (sulfide) groups is 1. The number of nitrogens with zero attached hydrogens (tertiary/aromatic N) is 2. The van der Waals surface area contributed by atoms with Crippen LogP contribution in [0.1, 0.15) is 18.4 Å². The molecule has 1 N–H and O–H groups in total. The van der Waals surface area contributed by atoms with Crippen molar-refractivity contribution in [3.8, 4) is 0 Å². The fraction of sp³-hybridized carbons (Fsp3) is 0.462. The van der Waals surface area contributed by atoms with Crippen molar-refractivity contribution < 1.29 is 4.42 Å². The quantitative estimate of drug-likeness (QED) is 0.835. The Bertz CT molecular complexity index is 453. The maximum absolute atomic E-state index is 5.70. The van der Waals surface area contributed by atoms with Gasteiger partial charge in [0.15, 0.2) is 0 Å². The van der Waals surface area contributed by atoms with E-state index in [-0.39, 0.29) is 0 Å². The van der Waals surface area contributed by atoms with Crippen LogP contribution < -0.4 is 5.32 Å². The molecule has 0 radical (unpaired) electrons. The highest BCUT2D eigenvalue weighted by atomic mass is 32.2. The Morgan fingerprint density at radius 3 is 3.00 bits per heavy atom. The highest BCUT2D eigenvalue weighted by Crippen LogP contribution is 2.13. The van der Waals surface area contributed by atoms with Gasteiger partial charge in [-0.1, -0.05) is 0 Å². The summed E-state index contributed by atoms with van der Waals surface area (Å²) in [6.45, 7) is 3.77. The highest BCUT2D eigenvalue weighted by Gasteiger charge is 2.05. The fourth-order valence-electron chi connectivity index (χ4n) is 1.77. The molecule has 0 bridgehead atoms. The summed E-state index contributed by atoms with van der Waals surface area (Å²) in [5, 5.41) is 7.62. The highest BCUT2D eigenvalue weighted by molar-refractivity contribution is 7.97. The number of hydrogen-bond donors (Lipinski definition) is 1. The Kier molecular flexibility index (Phi) is 4.90. The van der Waals surface area contributed by atoms with Gasteiger partial charge in [-0.2, -0.15) is 16.9 Å². The summed E-state index contributed by atoms with van der Waals surface area (Å²) >= 11 is 1.77. The molecule has 5 heteroatoms. The van der Waals surface area contributed by atoms with E-state index < -0.39 is 0 Å². The molecule has 0 aliphatic carbocycles. The van der Waals surface area contributed by atoms with Crippen molar-refractivity contribution in [2.75, 3.05) is 6.26 Å². The summed E-state index contributed by atoms with van der Waals surface area (Å²) in [7, 11) is 0. The minimum atomic E-state index is 0.360. The molecular weight excluding hydrogens is 246 g/mol. The molecule has 0 unspecified atom stereocenters. The van der Waals surface area contributed by atoms with Crippen molar-refractivity contribution in [1.29, 1.82) is 0 Å². The maximum atomic E-state index is 5.70. The number of hydrogen-bond acceptors (Lipinski definition) is 4. The standard InChI is InChI=1S/C13H19N3OS/c1-11(9-16-7-3-6-15-16)14-8-12-4-5-13(17-12)10-18-2/h3-7,11,14H,8-10H2,1-2H3/t11-/m1/s1. The largest absolute Gasteiger partial charge is 0.464 e. The molecule has 0 spiro atoms. The van der Waals surface area contributed by atoms with E-state index in [0.717, 1.165) is 30.4 Å². The molecule has 2 heterocycles. The van der Waals surface area contributed by atoms with E-state index in [0.29, 0.717) is 6.04 Å². The lowest BCUT2D eigenvalue weighted by atomic mass is 10.3. The van der Waals surface area contributed by atoms with Gasteiger partial charge >= 0.3 is 0 Å². The molecule has 0 aromatic carbocycles. The topological polar surface area (TPSA) is 43.0 Å². The summed E-state index contributed by atoms with van der Waals surface area (Å²) in [5.74, 6) is 2.97. The zero-order chi connectivity index (χ0) is 12.8. The first-order valence-electron chi connectivity index (χ1n) is 6.05. The third kappa shape index (κ3) is 3.92. The van der Waals surface area contributed by atoms with Gasteiger partial charge in [0.25, 0.3) is 0 Å². The van der Waals surface area contributed by atoms with Gasteiger partial charge in [-0.25, -0.2) is 0 Å². The molecule has 2 rings (SSSR count). The van der Waals surface area contributed by atoms with Gasteiger partial charge in [0.05, 0.1) is 18.8 Å². The lowest BCUT2D eigenvalue weighted by Crippen LogP contribution is -2.29. The lowest BCUT2D eigenvalue weighted by molar-refractivity contribution is 0.407. The molecule has 0 aliphatic rings. The van der Waals surface area contributed by atoms with E-state index >= 15 is 0 Å². The summed E-state index contributed by atoms with van der Waals surface area (Å²) in [4.78, 5) is 0. The Morgan fingerprint density at radius 2 is 2.28 bits per heavy atom. The number of aromatic nitrogens is 2. The van der Waals surface area contributed by atoms with Crippen LogP contribution in [-0.4, -0.2) is 22.1 Å². The van der Waals surface area contributed by atoms with E-state index in [1.807, 2.05) is 29.1 Å². The molecule has 1 atom stereocenters. The normalized spacial score (nSPS) is 12.8. The van der Waals surface area contributed by atoms with E-state index in [1.54, 1.807) is 18.0 Å². The second-order valence-electron chi connectivity index (χ2n) is 4.31. The molecule has 98 valence electrons. The van der Waals surface area contributed by atoms with E-state index in [2.05, 4.69) is 23.6 Å². The SMILES string of the molecule is CSCc1ccc(CN[C@H](C)Cn2cccn2)o1. The molecule has 0 fully saturated rings. The van der Waals surface area contributed by atoms with Gasteiger partial charge in [0.1, 0.15) is 11.5 Å². The molecular formula is C13H19N3OS. The first-order chi connectivity index (χ1) is 8.78. The Balaban J connectivity index is 1.76. The molecule has 18 heavy (non-hydrogen) atoms. The Hall–Kier alpha value is -1.20. The minimum Gasteiger partial charge on any atom is -0.464 e. The van der Waals surface area contributed by atoms with Gasteiger partial charge in [0.2, 0.25) is 0 Å². The zero-order valence-corrected chi connectivity index (χ0v) is 11.6. The predicted octanol–water partition coefficient (Wildman–Crippen LogP) is 2.52. The number of furan rings is 1. The van der Waals surface area contributed by atoms with Crippen molar-refractivity contribution in [3.05, 3.63) is 42.1 Å². The molecule has 2 aromatic rings. The Morgan fingerprint density at radius 1 is 1.44 bits per heavy atom. The van der Waals surface area contributed by atoms with Crippen molar-refractivity contribution in [2.24, 2.45) is 0 Å². The van der Waals surface area contributed by atoms with Crippen LogP contribution in [0.3, 0.4) is 0 Å². The van der Waals surface area contributed by atoms with E-state index in [1.165, 1.54) is 0 Å². The molecule has 0 aliphatic heterocycles. The van der Waals surface area contributed by atoms with Gasteiger partial charge in [-0.3, -0.25) is 4.68 Å². The first-order valence-corrected chi connectivity index (χ1v) is 7.44. The van der Waals surface area contributed by atoms with Crippen LogP contribution in [0.15, 0.2) is 35.0 Å². The van der Waals surface area contributed by atoms with Gasteiger partial charge in [-0.15, -0.1) is 0 Å². The van der Waals surface area contributed by atoms with Crippen LogP contribution in [-0.2, 0) is 18.8 Å². The molecule has 4 nitrogen and oxygen atoms in total. The molecule has 0 saturated heterocycles. The number of rotatable bonds is 7. The molecule has 0 saturated carbocycles. The van der Waals surface area contributed by atoms with Crippen molar-refractivity contribution in [2.45, 2.75) is 31.8 Å². The lowest BCUT2D eigenvalue weighted by Gasteiger charge is -2.12. The smallest absolute Gasteiger partial charge is 0.118 e. The summed E-state index contributed by atoms with van der Waals surface area (Å²) in [6, 6.07) is 6.39. The average Bonchev–Trinajstić information content (AvgIpc) is 2.99. The van der Waals surface area contributed by atoms with Crippen LogP contribution in [0.5, 0.6) is 0 Å². The van der Waals surface area contributed by atoms with Gasteiger partial charge in [-0.05, 0) is 31.4 Å². The van der Waals surface area contributed by atoms with E-state index in [4.69, 9.17) is 4.42 Å². The average molecular weight is 265 g/mol. The fourth-order valence-corrected chi connectivity index (χ4v) is 2.21. The van der Waals surface area contributed by atoms with Gasteiger partial charge in [0, 0.05) is 18.4 Å². The minimum absolute atomic E-state index is 0.360. The second kappa shape index (κ2) is 6.66.